The molecule has 114 valence electrons. The predicted molar refractivity (Wildman–Crippen MR) is 91.2 cm³/mol. The molecule has 2 aromatic rings. The van der Waals surface area contributed by atoms with Crippen molar-refractivity contribution in [1.82, 2.24) is 9.88 Å². The molecule has 1 atom stereocenters. The van der Waals surface area contributed by atoms with Crippen molar-refractivity contribution in [3.05, 3.63) is 36.0 Å². The van der Waals surface area contributed by atoms with E-state index in [9.17, 15) is 0 Å². The Balaban J connectivity index is 2.23. The number of aromatic nitrogens is 1. The Morgan fingerprint density at radius 2 is 2.00 bits per heavy atom. The summed E-state index contributed by atoms with van der Waals surface area (Å²) in [5.41, 5.74) is 9.08. The molecule has 0 aliphatic carbocycles. The Kier molecular flexibility index (Phi) is 5.57. The highest BCUT2D eigenvalue weighted by Crippen LogP contribution is 2.21. The minimum absolute atomic E-state index is 0.575. The third kappa shape index (κ3) is 3.94. The van der Waals surface area contributed by atoms with Crippen molar-refractivity contribution in [1.29, 1.82) is 0 Å². The van der Waals surface area contributed by atoms with E-state index in [1.54, 1.807) is 0 Å². The van der Waals surface area contributed by atoms with Crippen molar-refractivity contribution in [2.24, 2.45) is 0 Å². The molecule has 1 unspecified atom stereocenters. The minimum Gasteiger partial charge on any atom is -0.398 e. The molecule has 2 rings (SSSR count). The highest BCUT2D eigenvalue weighted by molar-refractivity contribution is 5.90. The van der Waals surface area contributed by atoms with E-state index in [0.717, 1.165) is 41.8 Å². The highest BCUT2D eigenvalue weighted by Gasteiger charge is 2.13. The first-order valence-corrected chi connectivity index (χ1v) is 8.03. The first-order chi connectivity index (χ1) is 10.2. The highest BCUT2D eigenvalue weighted by atomic mass is 15.2. The lowest BCUT2D eigenvalue weighted by molar-refractivity contribution is 0.190. The second kappa shape index (κ2) is 7.41. The number of para-hydroxylation sites is 1. The maximum Gasteiger partial charge on any atom is 0.0726 e. The number of pyridine rings is 1. The van der Waals surface area contributed by atoms with Gasteiger partial charge in [-0.1, -0.05) is 38.5 Å². The number of fused-ring (bicyclic) bond motifs is 1. The molecule has 0 fully saturated rings. The fourth-order valence-electron chi connectivity index (χ4n) is 2.62. The molecule has 1 aromatic heterocycles. The number of hydrogen-bond donors (Lipinski definition) is 1. The topological polar surface area (TPSA) is 42.1 Å². The van der Waals surface area contributed by atoms with Crippen LogP contribution in [0, 0.1) is 0 Å². The summed E-state index contributed by atoms with van der Waals surface area (Å²) in [4.78, 5) is 7.29. The number of rotatable bonds is 7. The molecule has 1 heterocycles. The molecule has 2 N–H and O–H groups in total. The van der Waals surface area contributed by atoms with E-state index in [4.69, 9.17) is 10.7 Å². The lowest BCUT2D eigenvalue weighted by Crippen LogP contribution is -2.33. The molecule has 0 saturated heterocycles. The fraction of sp³-hybridized carbons (Fsp3) is 0.500. The van der Waals surface area contributed by atoms with Gasteiger partial charge in [-0.15, -0.1) is 0 Å². The SMILES string of the molecule is CCCCN(Cc1cc(N)c2ccccc2n1)C(C)CC. The van der Waals surface area contributed by atoms with Crippen LogP contribution in [0.3, 0.4) is 0 Å². The zero-order chi connectivity index (χ0) is 15.2. The number of unbranched alkanes of at least 4 members (excludes halogenated alkanes) is 1. The summed E-state index contributed by atoms with van der Waals surface area (Å²) in [6, 6.07) is 10.7. The number of hydrogen-bond acceptors (Lipinski definition) is 3. The molecular formula is C18H27N3. The van der Waals surface area contributed by atoms with Crippen LogP contribution in [0.15, 0.2) is 30.3 Å². The maximum absolute atomic E-state index is 6.18. The molecule has 21 heavy (non-hydrogen) atoms. The van der Waals surface area contributed by atoms with E-state index in [1.807, 2.05) is 30.3 Å². The van der Waals surface area contributed by atoms with Gasteiger partial charge in [0.05, 0.1) is 11.2 Å². The van der Waals surface area contributed by atoms with Gasteiger partial charge in [-0.05, 0) is 38.4 Å². The molecule has 0 amide bonds. The number of nitrogens with two attached hydrogens (primary N) is 1. The second-order valence-corrected chi connectivity index (χ2v) is 5.80. The largest absolute Gasteiger partial charge is 0.398 e. The fourth-order valence-corrected chi connectivity index (χ4v) is 2.62. The second-order valence-electron chi connectivity index (χ2n) is 5.80. The number of anilines is 1. The van der Waals surface area contributed by atoms with E-state index in [0.29, 0.717) is 6.04 Å². The molecule has 3 nitrogen and oxygen atoms in total. The lowest BCUT2D eigenvalue weighted by atomic mass is 10.1. The number of benzene rings is 1. The van der Waals surface area contributed by atoms with Crippen LogP contribution in [-0.2, 0) is 6.54 Å². The lowest BCUT2D eigenvalue weighted by Gasteiger charge is -2.28. The van der Waals surface area contributed by atoms with E-state index in [-0.39, 0.29) is 0 Å². The predicted octanol–water partition coefficient (Wildman–Crippen LogP) is 4.22. The van der Waals surface area contributed by atoms with E-state index in [2.05, 4.69) is 25.7 Å². The molecule has 0 radical (unpaired) electrons. The molecule has 0 aliphatic heterocycles. The Morgan fingerprint density at radius 1 is 1.24 bits per heavy atom. The summed E-state index contributed by atoms with van der Waals surface area (Å²) in [5.74, 6) is 0. The Morgan fingerprint density at radius 3 is 2.71 bits per heavy atom. The molecule has 0 spiro atoms. The van der Waals surface area contributed by atoms with Crippen molar-refractivity contribution < 1.29 is 0 Å². The van der Waals surface area contributed by atoms with Crippen molar-refractivity contribution in [2.45, 2.75) is 52.6 Å². The van der Waals surface area contributed by atoms with Gasteiger partial charge in [-0.2, -0.15) is 0 Å². The summed E-state index contributed by atoms with van der Waals surface area (Å²) in [6.45, 7) is 8.77. The minimum atomic E-state index is 0.575. The average Bonchev–Trinajstić information content (AvgIpc) is 2.50. The summed E-state index contributed by atoms with van der Waals surface area (Å²) < 4.78 is 0. The Bertz CT molecular complexity index is 580. The van der Waals surface area contributed by atoms with Gasteiger partial charge in [0, 0.05) is 23.7 Å². The van der Waals surface area contributed by atoms with Crippen LogP contribution in [0.25, 0.3) is 10.9 Å². The van der Waals surface area contributed by atoms with Crippen molar-refractivity contribution in [3.63, 3.8) is 0 Å². The van der Waals surface area contributed by atoms with Crippen LogP contribution in [0.5, 0.6) is 0 Å². The van der Waals surface area contributed by atoms with Crippen LogP contribution in [0.1, 0.15) is 45.7 Å². The van der Waals surface area contributed by atoms with Gasteiger partial charge in [0.2, 0.25) is 0 Å². The van der Waals surface area contributed by atoms with E-state index < -0.39 is 0 Å². The molecule has 0 saturated carbocycles. The summed E-state index contributed by atoms with van der Waals surface area (Å²) >= 11 is 0. The van der Waals surface area contributed by atoms with Gasteiger partial charge in [0.25, 0.3) is 0 Å². The number of nitrogens with zero attached hydrogens (tertiary/aromatic N) is 2. The summed E-state index contributed by atoms with van der Waals surface area (Å²) in [5, 5.41) is 1.05. The van der Waals surface area contributed by atoms with Crippen molar-refractivity contribution >= 4 is 16.6 Å². The smallest absolute Gasteiger partial charge is 0.0726 e. The van der Waals surface area contributed by atoms with Crippen LogP contribution >= 0.6 is 0 Å². The van der Waals surface area contributed by atoms with Gasteiger partial charge in [0.15, 0.2) is 0 Å². The molecule has 3 heteroatoms. The Hall–Kier alpha value is -1.61. The Labute approximate surface area is 128 Å². The first-order valence-electron chi connectivity index (χ1n) is 8.03. The van der Waals surface area contributed by atoms with Gasteiger partial charge in [-0.3, -0.25) is 9.88 Å². The van der Waals surface area contributed by atoms with E-state index >= 15 is 0 Å². The molecule has 0 aliphatic rings. The summed E-state index contributed by atoms with van der Waals surface area (Å²) in [6.07, 6.45) is 3.61. The third-order valence-electron chi connectivity index (χ3n) is 4.18. The number of nitrogen functional groups attached to an aromatic ring is 1. The van der Waals surface area contributed by atoms with E-state index in [1.165, 1.54) is 12.8 Å². The zero-order valence-electron chi connectivity index (χ0n) is 13.5. The van der Waals surface area contributed by atoms with Gasteiger partial charge >= 0.3 is 0 Å². The van der Waals surface area contributed by atoms with Crippen LogP contribution < -0.4 is 5.73 Å². The normalized spacial score (nSPS) is 13.0. The van der Waals surface area contributed by atoms with Gasteiger partial charge in [-0.25, -0.2) is 0 Å². The third-order valence-corrected chi connectivity index (χ3v) is 4.18. The van der Waals surface area contributed by atoms with Gasteiger partial charge in [0.1, 0.15) is 0 Å². The quantitative estimate of drug-likeness (QED) is 0.828. The molecule has 1 aromatic carbocycles. The van der Waals surface area contributed by atoms with Crippen molar-refractivity contribution in [2.75, 3.05) is 12.3 Å². The van der Waals surface area contributed by atoms with Crippen LogP contribution in [-0.4, -0.2) is 22.5 Å². The van der Waals surface area contributed by atoms with Crippen molar-refractivity contribution in [3.8, 4) is 0 Å². The van der Waals surface area contributed by atoms with Crippen LogP contribution in [0.4, 0.5) is 5.69 Å². The summed E-state index contributed by atoms with van der Waals surface area (Å²) in [7, 11) is 0. The standard InChI is InChI=1S/C18H27N3/c1-4-6-11-21(14(3)5-2)13-15-12-17(19)16-9-7-8-10-18(16)20-15/h7-10,12,14H,4-6,11,13H2,1-3H3,(H2,19,20). The molecular weight excluding hydrogens is 258 g/mol. The zero-order valence-corrected chi connectivity index (χ0v) is 13.5. The molecule has 0 bridgehead atoms. The maximum atomic E-state index is 6.18. The first kappa shape index (κ1) is 15.8. The van der Waals surface area contributed by atoms with Crippen LogP contribution in [0.2, 0.25) is 0 Å². The average molecular weight is 285 g/mol. The monoisotopic (exact) mass is 285 g/mol. The van der Waals surface area contributed by atoms with Gasteiger partial charge < -0.3 is 5.73 Å².